The lowest BCUT2D eigenvalue weighted by atomic mass is 10.0. The van der Waals surface area contributed by atoms with Gasteiger partial charge in [-0.25, -0.2) is 8.42 Å². The van der Waals surface area contributed by atoms with Crippen LogP contribution in [0.1, 0.15) is 39.5 Å². The molecular weight excluding hydrogens is 351 g/mol. The molecule has 5 heteroatoms. The van der Waals surface area contributed by atoms with Crippen LogP contribution in [-0.2, 0) is 14.6 Å². The number of unbranched alkanes of at least 4 members (excludes halogenated alkanes) is 1. The number of alkyl halides is 1. The first-order valence-corrected chi connectivity index (χ1v) is 9.51. The van der Waals surface area contributed by atoms with Gasteiger partial charge in [-0.1, -0.05) is 55.7 Å². The van der Waals surface area contributed by atoms with Gasteiger partial charge in [0.15, 0.2) is 9.84 Å². The van der Waals surface area contributed by atoms with Gasteiger partial charge in [-0.05, 0) is 12.3 Å². The average Bonchev–Trinajstić information content (AvgIpc) is 2.52. The van der Waals surface area contributed by atoms with Crippen LogP contribution in [-0.4, -0.2) is 36.6 Å². The van der Waals surface area contributed by atoms with Crippen molar-refractivity contribution in [3.8, 4) is 0 Å². The number of hydrogen-bond donors (Lipinski definition) is 0. The van der Waals surface area contributed by atoms with Crippen molar-refractivity contribution in [2.75, 3.05) is 18.1 Å². The Bertz CT molecular complexity index is 316. The normalized spacial score (nSPS) is 29.4. The molecule has 0 amide bonds. The quantitative estimate of drug-likeness (QED) is 0.509. The molecule has 1 aliphatic heterocycles. The van der Waals surface area contributed by atoms with E-state index in [1.54, 1.807) is 0 Å². The number of hydrogen-bond acceptors (Lipinski definition) is 3. The molecule has 17 heavy (non-hydrogen) atoms. The maximum absolute atomic E-state index is 11.5. The topological polar surface area (TPSA) is 43.4 Å². The van der Waals surface area contributed by atoms with Crippen molar-refractivity contribution in [1.29, 1.82) is 0 Å². The molecule has 1 aliphatic rings. The highest BCUT2D eigenvalue weighted by atomic mass is 127. The Labute approximate surface area is 119 Å². The van der Waals surface area contributed by atoms with Crippen molar-refractivity contribution in [2.24, 2.45) is 5.92 Å². The molecule has 1 fully saturated rings. The monoisotopic (exact) mass is 374 g/mol. The molecule has 3 nitrogen and oxygen atoms in total. The highest BCUT2D eigenvalue weighted by molar-refractivity contribution is 14.1. The summed E-state index contributed by atoms with van der Waals surface area (Å²) < 4.78 is 28.8. The zero-order chi connectivity index (χ0) is 12.9. The van der Waals surface area contributed by atoms with Crippen molar-refractivity contribution in [3.63, 3.8) is 0 Å². The summed E-state index contributed by atoms with van der Waals surface area (Å²) in [6.07, 6.45) is 4.67. The summed E-state index contributed by atoms with van der Waals surface area (Å²) in [7, 11) is -2.85. The molecule has 0 aromatic carbocycles. The third kappa shape index (κ3) is 5.42. The molecule has 0 aromatic heterocycles. The number of ether oxygens (including phenoxy) is 1. The minimum absolute atomic E-state index is 0.0868. The minimum Gasteiger partial charge on any atom is -0.376 e. The van der Waals surface area contributed by atoms with Crippen molar-refractivity contribution in [1.82, 2.24) is 0 Å². The molecule has 0 aromatic rings. The highest BCUT2D eigenvalue weighted by Gasteiger charge is 2.36. The second-order valence-electron chi connectivity index (χ2n) is 4.88. The summed E-state index contributed by atoms with van der Waals surface area (Å²) in [5, 5.41) is 0. The van der Waals surface area contributed by atoms with Gasteiger partial charge in [0.1, 0.15) is 0 Å². The van der Waals surface area contributed by atoms with E-state index in [0.717, 1.165) is 13.0 Å². The van der Waals surface area contributed by atoms with E-state index in [9.17, 15) is 8.42 Å². The molecule has 0 radical (unpaired) electrons. The Morgan fingerprint density at radius 3 is 2.53 bits per heavy atom. The molecule has 1 saturated heterocycles. The largest absolute Gasteiger partial charge is 0.376 e. The minimum atomic E-state index is -2.85. The Hall–Kier alpha value is 0.640. The highest BCUT2D eigenvalue weighted by Crippen LogP contribution is 2.24. The maximum atomic E-state index is 11.5. The predicted molar refractivity (Wildman–Crippen MR) is 79.5 cm³/mol. The van der Waals surface area contributed by atoms with Crippen LogP contribution >= 0.6 is 22.6 Å². The second kappa shape index (κ2) is 7.28. The smallest absolute Gasteiger partial charge is 0.154 e. The zero-order valence-electron chi connectivity index (χ0n) is 10.7. The first kappa shape index (κ1) is 15.7. The van der Waals surface area contributed by atoms with Crippen LogP contribution in [0.4, 0.5) is 0 Å². The lowest BCUT2D eigenvalue weighted by Gasteiger charge is -2.19. The lowest BCUT2D eigenvalue weighted by molar-refractivity contribution is 0.0460. The van der Waals surface area contributed by atoms with Gasteiger partial charge in [-0.15, -0.1) is 0 Å². The van der Waals surface area contributed by atoms with Crippen LogP contribution in [0.2, 0.25) is 0 Å². The predicted octanol–water partition coefficient (Wildman–Crippen LogP) is 2.82. The van der Waals surface area contributed by atoms with Gasteiger partial charge in [-0.3, -0.25) is 0 Å². The van der Waals surface area contributed by atoms with Gasteiger partial charge >= 0.3 is 0 Å². The van der Waals surface area contributed by atoms with Crippen molar-refractivity contribution < 1.29 is 13.2 Å². The Morgan fingerprint density at radius 1 is 1.35 bits per heavy atom. The van der Waals surface area contributed by atoms with E-state index in [4.69, 9.17) is 4.74 Å². The van der Waals surface area contributed by atoms with Crippen molar-refractivity contribution in [3.05, 3.63) is 0 Å². The molecule has 1 heterocycles. The van der Waals surface area contributed by atoms with E-state index in [2.05, 4.69) is 36.4 Å². The summed E-state index contributed by atoms with van der Waals surface area (Å²) in [4.78, 5) is 0. The van der Waals surface area contributed by atoms with Crippen LogP contribution < -0.4 is 0 Å². The summed E-state index contributed by atoms with van der Waals surface area (Å²) in [5.41, 5.74) is 0. The van der Waals surface area contributed by atoms with Gasteiger partial charge in [0.25, 0.3) is 0 Å². The fourth-order valence-corrected chi connectivity index (χ4v) is 6.20. The Balaban J connectivity index is 2.34. The molecule has 1 rings (SSSR count). The fraction of sp³-hybridized carbons (Fsp3) is 1.00. The fourth-order valence-electron chi connectivity index (χ4n) is 2.08. The van der Waals surface area contributed by atoms with E-state index < -0.39 is 9.84 Å². The maximum Gasteiger partial charge on any atom is 0.154 e. The van der Waals surface area contributed by atoms with E-state index in [1.165, 1.54) is 19.3 Å². The van der Waals surface area contributed by atoms with Gasteiger partial charge in [0.2, 0.25) is 0 Å². The molecule has 0 spiro atoms. The summed E-state index contributed by atoms with van der Waals surface area (Å²) >= 11 is 2.20. The molecule has 0 aliphatic carbocycles. The summed E-state index contributed by atoms with van der Waals surface area (Å²) in [5.74, 6) is 1.08. The lowest BCUT2D eigenvalue weighted by Crippen LogP contribution is -2.25. The van der Waals surface area contributed by atoms with Crippen LogP contribution in [0, 0.1) is 5.92 Å². The molecule has 0 saturated carbocycles. The first-order valence-electron chi connectivity index (χ1n) is 6.44. The standard InChI is InChI=1S/C12H23IO3S/c1-3-5-6-10(4-2)7-16-12-9-17(14,15)8-11(12)13/h10-12H,3-9H2,1-2H3. The van der Waals surface area contributed by atoms with E-state index in [0.29, 0.717) is 5.92 Å². The Kier molecular flexibility index (Phi) is 6.72. The molecule has 102 valence electrons. The van der Waals surface area contributed by atoms with Gasteiger partial charge in [-0.2, -0.15) is 0 Å². The number of rotatable bonds is 7. The molecular formula is C12H23IO3S. The number of halogens is 1. The van der Waals surface area contributed by atoms with Gasteiger partial charge < -0.3 is 4.74 Å². The zero-order valence-corrected chi connectivity index (χ0v) is 13.7. The summed E-state index contributed by atoms with van der Waals surface area (Å²) in [6, 6.07) is 0. The van der Waals surface area contributed by atoms with Gasteiger partial charge in [0.05, 0.1) is 21.5 Å². The SMILES string of the molecule is CCCCC(CC)COC1CS(=O)(=O)CC1I. The van der Waals surface area contributed by atoms with E-state index in [1.807, 2.05) is 0 Å². The van der Waals surface area contributed by atoms with Crippen molar-refractivity contribution >= 4 is 32.4 Å². The van der Waals surface area contributed by atoms with E-state index >= 15 is 0 Å². The van der Waals surface area contributed by atoms with Crippen LogP contribution in [0.5, 0.6) is 0 Å². The first-order chi connectivity index (χ1) is 7.98. The Morgan fingerprint density at radius 2 is 2.06 bits per heavy atom. The van der Waals surface area contributed by atoms with Crippen LogP contribution in [0.3, 0.4) is 0 Å². The third-order valence-electron chi connectivity index (χ3n) is 3.32. The second-order valence-corrected chi connectivity index (χ2v) is 8.63. The third-order valence-corrected chi connectivity index (χ3v) is 6.87. The van der Waals surface area contributed by atoms with E-state index in [-0.39, 0.29) is 21.5 Å². The molecule has 3 atom stereocenters. The molecule has 0 bridgehead atoms. The molecule has 3 unspecified atom stereocenters. The van der Waals surface area contributed by atoms with Crippen LogP contribution in [0.25, 0.3) is 0 Å². The van der Waals surface area contributed by atoms with Crippen LogP contribution in [0.15, 0.2) is 0 Å². The average molecular weight is 374 g/mol. The molecule has 0 N–H and O–H groups in total. The van der Waals surface area contributed by atoms with Crippen molar-refractivity contribution in [2.45, 2.75) is 49.6 Å². The number of sulfone groups is 1. The van der Waals surface area contributed by atoms with Gasteiger partial charge in [0, 0.05) is 6.61 Å². The summed E-state index contributed by atoms with van der Waals surface area (Å²) in [6.45, 7) is 5.09.